The summed E-state index contributed by atoms with van der Waals surface area (Å²) in [5, 5.41) is 7.34. The highest BCUT2D eigenvalue weighted by atomic mass is 19.3. The first-order valence-corrected chi connectivity index (χ1v) is 9.99. The van der Waals surface area contributed by atoms with Crippen molar-refractivity contribution in [3.05, 3.63) is 47.8 Å². The molecule has 2 aliphatic rings. The van der Waals surface area contributed by atoms with E-state index in [9.17, 15) is 8.78 Å². The van der Waals surface area contributed by atoms with Gasteiger partial charge in [0.05, 0.1) is 0 Å². The van der Waals surface area contributed by atoms with E-state index >= 15 is 0 Å². The van der Waals surface area contributed by atoms with E-state index in [-0.39, 0.29) is 6.04 Å². The Labute approximate surface area is 164 Å². The number of alkyl halides is 2. The van der Waals surface area contributed by atoms with Gasteiger partial charge in [0, 0.05) is 19.1 Å². The molecule has 3 heterocycles. The molecule has 0 saturated carbocycles. The monoisotopic (exact) mass is 387 g/mol. The lowest BCUT2D eigenvalue weighted by Gasteiger charge is -2.40. The molecule has 1 N–H and O–H groups in total. The molecular formula is C21H27F2N5. The summed E-state index contributed by atoms with van der Waals surface area (Å²) >= 11 is 0. The second-order valence-electron chi connectivity index (χ2n) is 7.96. The Bertz CT molecular complexity index is 804. The summed E-state index contributed by atoms with van der Waals surface area (Å²) in [6.45, 7) is 5.04. The standard InChI is InChI=1S/C21H27F2N5/c1-15(10-16-6-3-2-4-7-16)12-27-9-5-8-17(13-27)18-11-19(20(22)23)28-21(26-18)24-14-25-28/h2-4,6-7,10,14,17-20H,5,8-9,11-13H2,1H3,(H,24,25,26)/b15-10+/t17-,18+,19-/m1/s1. The van der Waals surface area contributed by atoms with Gasteiger partial charge in [-0.15, -0.1) is 0 Å². The highest BCUT2D eigenvalue weighted by molar-refractivity contribution is 5.52. The molecular weight excluding hydrogens is 360 g/mol. The first-order valence-electron chi connectivity index (χ1n) is 9.99. The highest BCUT2D eigenvalue weighted by Gasteiger charge is 2.38. The molecule has 0 amide bonds. The topological polar surface area (TPSA) is 46.0 Å². The number of nitrogens with one attached hydrogen (secondary N) is 1. The first kappa shape index (κ1) is 19.1. The third-order valence-corrected chi connectivity index (χ3v) is 5.78. The largest absolute Gasteiger partial charge is 0.351 e. The van der Waals surface area contributed by atoms with E-state index in [1.54, 1.807) is 0 Å². The maximum atomic E-state index is 13.5. The predicted octanol–water partition coefficient (Wildman–Crippen LogP) is 4.08. The Balaban J connectivity index is 1.41. The normalized spacial score (nSPS) is 26.1. The van der Waals surface area contributed by atoms with Crippen molar-refractivity contribution in [1.82, 2.24) is 19.7 Å². The summed E-state index contributed by atoms with van der Waals surface area (Å²) in [6, 6.07) is 9.44. The minimum atomic E-state index is -2.43. The molecule has 2 aliphatic heterocycles. The van der Waals surface area contributed by atoms with Crippen molar-refractivity contribution in [3.63, 3.8) is 0 Å². The minimum absolute atomic E-state index is 0.0110. The average Bonchev–Trinajstić information content (AvgIpc) is 3.16. The molecule has 1 fully saturated rings. The number of anilines is 1. The number of hydrogen-bond donors (Lipinski definition) is 1. The van der Waals surface area contributed by atoms with Gasteiger partial charge in [-0.2, -0.15) is 10.1 Å². The van der Waals surface area contributed by atoms with Crippen LogP contribution in [0.3, 0.4) is 0 Å². The van der Waals surface area contributed by atoms with E-state index < -0.39 is 12.5 Å². The number of aromatic nitrogens is 3. The van der Waals surface area contributed by atoms with Gasteiger partial charge in [-0.1, -0.05) is 42.0 Å². The van der Waals surface area contributed by atoms with Crippen molar-refractivity contribution < 1.29 is 8.78 Å². The molecule has 7 heteroatoms. The molecule has 0 unspecified atom stereocenters. The molecule has 0 bridgehead atoms. The SMILES string of the molecule is C/C(=C\c1ccccc1)CN1CCC[C@@H]([C@@H]2C[C@H](C(F)F)n3ncnc3N2)C1. The number of nitrogens with zero attached hydrogens (tertiary/aromatic N) is 4. The molecule has 0 radical (unpaired) electrons. The van der Waals surface area contributed by atoms with Crippen LogP contribution in [-0.4, -0.2) is 51.8 Å². The Morgan fingerprint density at radius 2 is 2.14 bits per heavy atom. The third kappa shape index (κ3) is 4.24. The zero-order chi connectivity index (χ0) is 19.5. The van der Waals surface area contributed by atoms with E-state index in [4.69, 9.17) is 0 Å². The van der Waals surface area contributed by atoms with Crippen LogP contribution in [0.4, 0.5) is 14.7 Å². The van der Waals surface area contributed by atoms with Gasteiger partial charge in [0.1, 0.15) is 12.4 Å². The van der Waals surface area contributed by atoms with E-state index in [1.807, 2.05) is 18.2 Å². The quantitative estimate of drug-likeness (QED) is 0.840. The molecule has 3 atom stereocenters. The maximum absolute atomic E-state index is 13.5. The van der Waals surface area contributed by atoms with Gasteiger partial charge >= 0.3 is 0 Å². The fraction of sp³-hybridized carbons (Fsp3) is 0.524. The van der Waals surface area contributed by atoms with Crippen LogP contribution < -0.4 is 5.32 Å². The summed E-state index contributed by atoms with van der Waals surface area (Å²) in [7, 11) is 0. The summed E-state index contributed by atoms with van der Waals surface area (Å²) in [4.78, 5) is 6.58. The molecule has 0 aliphatic carbocycles. The second kappa shape index (κ2) is 8.39. The number of likely N-dealkylation sites (tertiary alicyclic amines) is 1. The van der Waals surface area contributed by atoms with Gasteiger partial charge in [0.15, 0.2) is 0 Å². The highest BCUT2D eigenvalue weighted by Crippen LogP contribution is 2.35. The zero-order valence-electron chi connectivity index (χ0n) is 16.1. The summed E-state index contributed by atoms with van der Waals surface area (Å²) < 4.78 is 28.4. The number of halogens is 2. The molecule has 2 aromatic rings. The van der Waals surface area contributed by atoms with Crippen LogP contribution in [0, 0.1) is 5.92 Å². The van der Waals surface area contributed by atoms with Crippen LogP contribution in [0.1, 0.15) is 37.8 Å². The summed E-state index contributed by atoms with van der Waals surface area (Å²) in [6.07, 6.45) is 3.68. The average molecular weight is 387 g/mol. The lowest BCUT2D eigenvalue weighted by atomic mass is 9.86. The van der Waals surface area contributed by atoms with E-state index in [0.29, 0.717) is 18.3 Å². The van der Waals surface area contributed by atoms with Crippen molar-refractivity contribution in [2.24, 2.45) is 5.92 Å². The van der Waals surface area contributed by atoms with Crippen LogP contribution in [-0.2, 0) is 0 Å². The Hall–Kier alpha value is -2.28. The van der Waals surface area contributed by atoms with Crippen molar-refractivity contribution in [2.45, 2.75) is 44.7 Å². The smallest absolute Gasteiger partial charge is 0.260 e. The van der Waals surface area contributed by atoms with Crippen molar-refractivity contribution in [3.8, 4) is 0 Å². The summed E-state index contributed by atoms with van der Waals surface area (Å²) in [5.74, 6) is 0.809. The van der Waals surface area contributed by atoms with Crippen molar-refractivity contribution in [2.75, 3.05) is 25.0 Å². The lowest BCUT2D eigenvalue weighted by molar-refractivity contribution is 0.0561. The first-order chi connectivity index (χ1) is 13.6. The van der Waals surface area contributed by atoms with Gasteiger partial charge < -0.3 is 5.32 Å². The fourth-order valence-electron chi connectivity index (χ4n) is 4.50. The fourth-order valence-corrected chi connectivity index (χ4v) is 4.50. The molecule has 28 heavy (non-hydrogen) atoms. The van der Waals surface area contributed by atoms with Crippen LogP contribution in [0.25, 0.3) is 6.08 Å². The molecule has 150 valence electrons. The van der Waals surface area contributed by atoms with E-state index in [2.05, 4.69) is 45.4 Å². The summed E-state index contributed by atoms with van der Waals surface area (Å²) in [5.41, 5.74) is 2.52. The van der Waals surface area contributed by atoms with Gasteiger partial charge in [0.2, 0.25) is 5.95 Å². The van der Waals surface area contributed by atoms with Gasteiger partial charge in [-0.25, -0.2) is 13.5 Å². The predicted molar refractivity (Wildman–Crippen MR) is 106 cm³/mol. The van der Waals surface area contributed by atoms with Gasteiger partial charge in [0.25, 0.3) is 6.43 Å². The van der Waals surface area contributed by atoms with Crippen LogP contribution >= 0.6 is 0 Å². The Kier molecular flexibility index (Phi) is 5.71. The van der Waals surface area contributed by atoms with Crippen LogP contribution in [0.15, 0.2) is 42.2 Å². The minimum Gasteiger partial charge on any atom is -0.351 e. The Morgan fingerprint density at radius 3 is 2.93 bits per heavy atom. The molecule has 1 aromatic heterocycles. The number of benzene rings is 1. The molecule has 4 rings (SSSR count). The molecule has 5 nitrogen and oxygen atoms in total. The van der Waals surface area contributed by atoms with E-state index in [1.165, 1.54) is 22.1 Å². The van der Waals surface area contributed by atoms with E-state index in [0.717, 1.165) is 32.5 Å². The van der Waals surface area contributed by atoms with Gasteiger partial charge in [-0.3, -0.25) is 4.90 Å². The van der Waals surface area contributed by atoms with Crippen molar-refractivity contribution >= 4 is 12.0 Å². The van der Waals surface area contributed by atoms with Crippen molar-refractivity contribution in [1.29, 1.82) is 0 Å². The number of piperidine rings is 1. The number of rotatable bonds is 5. The number of fused-ring (bicyclic) bond motifs is 1. The van der Waals surface area contributed by atoms with Gasteiger partial charge in [-0.05, 0) is 44.2 Å². The van der Waals surface area contributed by atoms with Crippen LogP contribution in [0.5, 0.6) is 0 Å². The third-order valence-electron chi connectivity index (χ3n) is 5.78. The zero-order valence-corrected chi connectivity index (χ0v) is 16.1. The molecule has 1 aromatic carbocycles. The maximum Gasteiger partial charge on any atom is 0.260 e. The Morgan fingerprint density at radius 1 is 1.32 bits per heavy atom. The number of hydrogen-bond acceptors (Lipinski definition) is 4. The second-order valence-corrected chi connectivity index (χ2v) is 7.96. The molecule has 0 spiro atoms. The molecule has 1 saturated heterocycles. The lowest BCUT2D eigenvalue weighted by Crippen LogP contribution is -2.47. The van der Waals surface area contributed by atoms with Crippen LogP contribution in [0.2, 0.25) is 0 Å².